The number of anilines is 1. The molecule has 1 amide bonds. The Bertz CT molecular complexity index is 1200. The molecule has 0 aliphatic carbocycles. The largest absolute Gasteiger partial charge is 0.461 e. The van der Waals surface area contributed by atoms with Gasteiger partial charge in [0.15, 0.2) is 11.5 Å². The molecule has 1 saturated heterocycles. The number of halogens is 3. The number of aromatic nitrogens is 3. The third-order valence-electron chi connectivity index (χ3n) is 4.97. The number of fused-ring (bicyclic) bond motifs is 1. The highest BCUT2D eigenvalue weighted by Gasteiger charge is 2.28. The van der Waals surface area contributed by atoms with Crippen molar-refractivity contribution in [2.75, 3.05) is 37.7 Å². The Balaban J connectivity index is 1.61. The standard InChI is InChI=1S/C21H18BrCl2N5O3/c1-2-32-21(31)18-19(27-17-9-15(24)14(23)8-16(17)26-18)28-3-5-29(6-4-28)20(30)12-7-13(22)11-25-10-12/h7-11H,2-6H2,1H3. The number of carbonyl (C=O) groups is 2. The number of hydrogen-bond donors (Lipinski definition) is 0. The van der Waals surface area contributed by atoms with Gasteiger partial charge in [-0.25, -0.2) is 14.8 Å². The molecule has 1 fully saturated rings. The molecule has 166 valence electrons. The molecule has 0 spiro atoms. The van der Waals surface area contributed by atoms with E-state index in [1.54, 1.807) is 42.4 Å². The lowest BCUT2D eigenvalue weighted by molar-refractivity contribution is 0.0519. The molecule has 1 aromatic carbocycles. The van der Waals surface area contributed by atoms with E-state index in [1.165, 1.54) is 0 Å². The SMILES string of the molecule is CCOC(=O)c1nc2cc(Cl)c(Cl)cc2nc1N1CCN(C(=O)c2cncc(Br)c2)CC1. The third kappa shape index (κ3) is 4.65. The van der Waals surface area contributed by atoms with Gasteiger partial charge in [0.05, 0.1) is 33.2 Å². The fourth-order valence-corrected chi connectivity index (χ4v) is 4.11. The molecule has 1 aliphatic heterocycles. The lowest BCUT2D eigenvalue weighted by Crippen LogP contribution is -2.49. The summed E-state index contributed by atoms with van der Waals surface area (Å²) in [6.07, 6.45) is 3.17. The smallest absolute Gasteiger partial charge is 0.360 e. The molecule has 0 radical (unpaired) electrons. The number of rotatable bonds is 4. The number of piperazine rings is 1. The zero-order valence-corrected chi connectivity index (χ0v) is 20.1. The van der Waals surface area contributed by atoms with Gasteiger partial charge in [-0.15, -0.1) is 0 Å². The van der Waals surface area contributed by atoms with E-state index in [2.05, 4.69) is 30.9 Å². The first-order valence-electron chi connectivity index (χ1n) is 9.86. The Morgan fingerprint density at radius 1 is 1.03 bits per heavy atom. The van der Waals surface area contributed by atoms with E-state index in [0.717, 1.165) is 4.47 Å². The second-order valence-corrected chi connectivity index (χ2v) is 8.77. The number of benzene rings is 1. The first kappa shape index (κ1) is 22.7. The van der Waals surface area contributed by atoms with E-state index in [0.29, 0.717) is 58.6 Å². The normalized spacial score (nSPS) is 14.0. The highest BCUT2D eigenvalue weighted by Crippen LogP contribution is 2.29. The van der Waals surface area contributed by atoms with Crippen molar-refractivity contribution < 1.29 is 14.3 Å². The molecular formula is C21H18BrCl2N5O3. The number of amides is 1. The summed E-state index contributed by atoms with van der Waals surface area (Å²) in [6.45, 7) is 3.79. The van der Waals surface area contributed by atoms with Crippen LogP contribution in [0.25, 0.3) is 11.0 Å². The van der Waals surface area contributed by atoms with Crippen molar-refractivity contribution in [3.63, 3.8) is 0 Å². The summed E-state index contributed by atoms with van der Waals surface area (Å²) in [7, 11) is 0. The van der Waals surface area contributed by atoms with E-state index in [4.69, 9.17) is 27.9 Å². The van der Waals surface area contributed by atoms with Crippen LogP contribution < -0.4 is 4.90 Å². The molecule has 11 heteroatoms. The van der Waals surface area contributed by atoms with E-state index in [1.807, 2.05) is 4.90 Å². The van der Waals surface area contributed by atoms with E-state index < -0.39 is 5.97 Å². The van der Waals surface area contributed by atoms with Crippen LogP contribution in [0.5, 0.6) is 0 Å². The molecule has 0 bridgehead atoms. The maximum Gasteiger partial charge on any atom is 0.360 e. The minimum atomic E-state index is -0.568. The maximum atomic E-state index is 12.8. The van der Waals surface area contributed by atoms with E-state index in [-0.39, 0.29) is 18.2 Å². The zero-order chi connectivity index (χ0) is 22.8. The summed E-state index contributed by atoms with van der Waals surface area (Å²) in [4.78, 5) is 42.3. The number of pyridine rings is 1. The van der Waals surface area contributed by atoms with Crippen LogP contribution in [-0.2, 0) is 4.74 Å². The Hall–Kier alpha value is -2.49. The summed E-state index contributed by atoms with van der Waals surface area (Å²) >= 11 is 15.6. The van der Waals surface area contributed by atoms with Gasteiger partial charge in [-0.3, -0.25) is 9.78 Å². The molecule has 8 nitrogen and oxygen atoms in total. The molecule has 0 N–H and O–H groups in total. The second kappa shape index (κ2) is 9.56. The molecule has 32 heavy (non-hydrogen) atoms. The predicted molar refractivity (Wildman–Crippen MR) is 126 cm³/mol. The van der Waals surface area contributed by atoms with E-state index >= 15 is 0 Å². The molecule has 0 unspecified atom stereocenters. The molecule has 1 aliphatic rings. The lowest BCUT2D eigenvalue weighted by atomic mass is 10.2. The van der Waals surface area contributed by atoms with Crippen LogP contribution in [0.4, 0.5) is 5.82 Å². The maximum absolute atomic E-state index is 12.8. The van der Waals surface area contributed by atoms with Crippen molar-refractivity contribution in [1.82, 2.24) is 19.9 Å². The quantitative estimate of drug-likeness (QED) is 0.459. The van der Waals surface area contributed by atoms with Gasteiger partial charge in [0.2, 0.25) is 0 Å². The average Bonchev–Trinajstić information content (AvgIpc) is 2.79. The number of ether oxygens (including phenoxy) is 1. The van der Waals surface area contributed by atoms with Crippen molar-refractivity contribution in [1.29, 1.82) is 0 Å². The Labute approximate surface area is 202 Å². The van der Waals surface area contributed by atoms with Gasteiger partial charge in [0.1, 0.15) is 0 Å². The Morgan fingerprint density at radius 2 is 1.69 bits per heavy atom. The minimum absolute atomic E-state index is 0.102. The molecular weight excluding hydrogens is 521 g/mol. The van der Waals surface area contributed by atoms with Crippen LogP contribution in [0.2, 0.25) is 10.0 Å². The van der Waals surface area contributed by atoms with Crippen LogP contribution in [0, 0.1) is 0 Å². The van der Waals surface area contributed by atoms with Gasteiger partial charge in [-0.05, 0) is 41.1 Å². The summed E-state index contributed by atoms with van der Waals surface area (Å²) in [5.74, 6) is -0.276. The van der Waals surface area contributed by atoms with Crippen LogP contribution in [0.15, 0.2) is 35.1 Å². The number of nitrogens with zero attached hydrogens (tertiary/aromatic N) is 5. The molecule has 0 atom stereocenters. The van der Waals surface area contributed by atoms with Crippen molar-refractivity contribution in [2.24, 2.45) is 0 Å². The number of carbonyl (C=O) groups excluding carboxylic acids is 2. The van der Waals surface area contributed by atoms with Gasteiger partial charge < -0.3 is 14.5 Å². The van der Waals surface area contributed by atoms with Crippen LogP contribution in [0.1, 0.15) is 27.8 Å². The van der Waals surface area contributed by atoms with Gasteiger partial charge in [-0.2, -0.15) is 0 Å². The van der Waals surface area contributed by atoms with Gasteiger partial charge >= 0.3 is 5.97 Å². The fraction of sp³-hybridized carbons (Fsp3) is 0.286. The Morgan fingerprint density at radius 3 is 2.31 bits per heavy atom. The average molecular weight is 539 g/mol. The van der Waals surface area contributed by atoms with Crippen molar-refractivity contribution in [3.05, 3.63) is 56.4 Å². The van der Waals surface area contributed by atoms with Crippen molar-refractivity contribution in [3.8, 4) is 0 Å². The molecule has 3 heterocycles. The monoisotopic (exact) mass is 537 g/mol. The first-order chi connectivity index (χ1) is 15.4. The van der Waals surface area contributed by atoms with Crippen molar-refractivity contribution >= 4 is 67.9 Å². The van der Waals surface area contributed by atoms with Crippen LogP contribution in [0.3, 0.4) is 0 Å². The molecule has 0 saturated carbocycles. The first-order valence-corrected chi connectivity index (χ1v) is 11.4. The number of esters is 1. The topological polar surface area (TPSA) is 88.5 Å². The summed E-state index contributed by atoms with van der Waals surface area (Å²) in [5.41, 5.74) is 1.58. The Kier molecular flexibility index (Phi) is 6.78. The van der Waals surface area contributed by atoms with E-state index in [9.17, 15) is 9.59 Å². The number of hydrogen-bond acceptors (Lipinski definition) is 7. The van der Waals surface area contributed by atoms with Crippen molar-refractivity contribution in [2.45, 2.75) is 6.92 Å². The second-order valence-electron chi connectivity index (χ2n) is 7.04. The highest BCUT2D eigenvalue weighted by molar-refractivity contribution is 9.10. The summed E-state index contributed by atoms with van der Waals surface area (Å²) in [5, 5.41) is 0.673. The van der Waals surface area contributed by atoms with Crippen LogP contribution in [-0.4, -0.2) is 64.5 Å². The minimum Gasteiger partial charge on any atom is -0.461 e. The lowest BCUT2D eigenvalue weighted by Gasteiger charge is -2.35. The van der Waals surface area contributed by atoms with Gasteiger partial charge in [0, 0.05) is 43.0 Å². The highest BCUT2D eigenvalue weighted by atomic mass is 79.9. The molecule has 2 aromatic heterocycles. The van der Waals surface area contributed by atoms with Gasteiger partial charge in [0.25, 0.3) is 5.91 Å². The summed E-state index contributed by atoms with van der Waals surface area (Å²) < 4.78 is 5.93. The molecule has 3 aromatic rings. The predicted octanol–water partition coefficient (Wildman–Crippen LogP) is 4.23. The summed E-state index contributed by atoms with van der Waals surface area (Å²) in [6, 6.07) is 4.93. The third-order valence-corrected chi connectivity index (χ3v) is 6.13. The zero-order valence-electron chi connectivity index (χ0n) is 17.0. The molecule has 4 rings (SSSR count). The fourth-order valence-electron chi connectivity index (χ4n) is 3.43. The van der Waals surface area contributed by atoms with Crippen LogP contribution >= 0.6 is 39.1 Å². The van der Waals surface area contributed by atoms with Gasteiger partial charge in [-0.1, -0.05) is 23.2 Å².